The van der Waals surface area contributed by atoms with Crippen LogP contribution in [0.25, 0.3) is 0 Å². The number of benzene rings is 1. The van der Waals surface area contributed by atoms with Crippen molar-refractivity contribution in [1.82, 2.24) is 10.2 Å². The third-order valence-electron chi connectivity index (χ3n) is 4.97. The molecule has 0 aromatic heterocycles. The van der Waals surface area contributed by atoms with Crippen LogP contribution in [0.15, 0.2) is 18.2 Å². The van der Waals surface area contributed by atoms with Gasteiger partial charge in [0.05, 0.1) is 28.9 Å². The molecule has 3 nitrogen and oxygen atoms in total. The van der Waals surface area contributed by atoms with Crippen LogP contribution in [-0.4, -0.2) is 23.0 Å². The van der Waals surface area contributed by atoms with E-state index < -0.39 is 41.2 Å². The molecular weight excluding hydrogens is 386 g/mol. The second-order valence-electron chi connectivity index (χ2n) is 8.09. The topological polar surface area (TPSA) is 32.3 Å². The van der Waals surface area contributed by atoms with Gasteiger partial charge in [-0.05, 0) is 56.9 Å². The van der Waals surface area contributed by atoms with E-state index in [0.29, 0.717) is 18.6 Å². The number of hydrogen-bond acceptors (Lipinski definition) is 2. The molecular formula is C19H24F6N2O. The maximum Gasteiger partial charge on any atom is 0.416 e. The Morgan fingerprint density at radius 2 is 1.39 bits per heavy atom. The van der Waals surface area contributed by atoms with Crippen molar-refractivity contribution in [3.05, 3.63) is 34.9 Å². The Kier molecular flexibility index (Phi) is 5.82. The van der Waals surface area contributed by atoms with Crippen LogP contribution in [0.2, 0.25) is 0 Å². The summed E-state index contributed by atoms with van der Waals surface area (Å²) in [5, 5.41) is 3.08. The molecule has 0 radical (unpaired) electrons. The van der Waals surface area contributed by atoms with E-state index in [1.54, 1.807) is 6.92 Å². The fourth-order valence-electron chi connectivity index (χ4n) is 3.64. The minimum absolute atomic E-state index is 0.0919. The fraction of sp³-hybridized carbons (Fsp3) is 0.632. The summed E-state index contributed by atoms with van der Waals surface area (Å²) in [5.74, 6) is -0.140. The van der Waals surface area contributed by atoms with E-state index in [4.69, 9.17) is 0 Å². The molecule has 1 amide bonds. The third kappa shape index (κ3) is 4.45. The molecule has 1 aliphatic heterocycles. The standard InChI is InChI=1S/C19H24F6N2O/c1-10(2)6-15-16(28)27(11(3)26-15)17(4,5)12-7-13(18(20,21)22)9-14(8-12)19(23,24)25/h7-11,15,26H,6H2,1-5H3/t11?,15-/m1/s1. The highest BCUT2D eigenvalue weighted by molar-refractivity contribution is 5.85. The van der Waals surface area contributed by atoms with Crippen LogP contribution < -0.4 is 5.32 Å². The molecule has 0 spiro atoms. The van der Waals surface area contributed by atoms with E-state index in [1.807, 2.05) is 13.8 Å². The summed E-state index contributed by atoms with van der Waals surface area (Å²) in [6.45, 7) is 8.43. The second kappa shape index (κ2) is 7.24. The van der Waals surface area contributed by atoms with Gasteiger partial charge in [-0.15, -0.1) is 0 Å². The third-order valence-corrected chi connectivity index (χ3v) is 4.97. The monoisotopic (exact) mass is 410 g/mol. The van der Waals surface area contributed by atoms with Gasteiger partial charge in [-0.25, -0.2) is 0 Å². The molecule has 158 valence electrons. The summed E-state index contributed by atoms with van der Waals surface area (Å²) in [5.41, 5.74) is -4.38. The summed E-state index contributed by atoms with van der Waals surface area (Å²) in [6.07, 6.45) is -9.89. The van der Waals surface area contributed by atoms with Gasteiger partial charge in [0.2, 0.25) is 5.91 Å². The van der Waals surface area contributed by atoms with Crippen molar-refractivity contribution in [3.63, 3.8) is 0 Å². The smallest absolute Gasteiger partial charge is 0.317 e. The lowest BCUT2D eigenvalue weighted by atomic mass is 9.88. The quantitative estimate of drug-likeness (QED) is 0.696. The van der Waals surface area contributed by atoms with Crippen molar-refractivity contribution in [3.8, 4) is 0 Å². The largest absolute Gasteiger partial charge is 0.416 e. The van der Waals surface area contributed by atoms with Crippen molar-refractivity contribution >= 4 is 5.91 Å². The van der Waals surface area contributed by atoms with Gasteiger partial charge in [0.1, 0.15) is 0 Å². The molecule has 0 bridgehead atoms. The first-order chi connectivity index (χ1) is 12.5. The van der Waals surface area contributed by atoms with Crippen molar-refractivity contribution < 1.29 is 31.1 Å². The second-order valence-corrected chi connectivity index (χ2v) is 8.09. The molecule has 2 rings (SSSR count). The number of alkyl halides is 6. The Balaban J connectivity index is 2.54. The van der Waals surface area contributed by atoms with Crippen LogP contribution in [0.5, 0.6) is 0 Å². The number of nitrogens with zero attached hydrogens (tertiary/aromatic N) is 1. The summed E-state index contributed by atoms with van der Waals surface area (Å²) in [6, 6.07) is 0.937. The Morgan fingerprint density at radius 3 is 1.79 bits per heavy atom. The molecule has 28 heavy (non-hydrogen) atoms. The summed E-state index contributed by atoms with van der Waals surface area (Å²) in [4.78, 5) is 14.2. The maximum absolute atomic E-state index is 13.2. The lowest BCUT2D eigenvalue weighted by Gasteiger charge is -2.39. The number of hydrogen-bond donors (Lipinski definition) is 1. The minimum atomic E-state index is -4.94. The van der Waals surface area contributed by atoms with Gasteiger partial charge < -0.3 is 4.90 Å². The van der Waals surface area contributed by atoms with Gasteiger partial charge in [-0.1, -0.05) is 13.8 Å². The Hall–Kier alpha value is -1.77. The molecule has 0 saturated carbocycles. The molecule has 1 aromatic rings. The molecule has 1 N–H and O–H groups in total. The van der Waals surface area contributed by atoms with Gasteiger partial charge in [0, 0.05) is 0 Å². The zero-order valence-electron chi connectivity index (χ0n) is 16.3. The predicted octanol–water partition coefficient (Wildman–Crippen LogP) is 5.15. The van der Waals surface area contributed by atoms with Crippen LogP contribution in [0, 0.1) is 5.92 Å². The number of carbonyl (C=O) groups is 1. The predicted molar refractivity (Wildman–Crippen MR) is 92.2 cm³/mol. The molecule has 2 atom stereocenters. The molecule has 0 aliphatic carbocycles. The van der Waals surface area contributed by atoms with Crippen molar-refractivity contribution in [2.75, 3.05) is 0 Å². The highest BCUT2D eigenvalue weighted by Crippen LogP contribution is 2.41. The zero-order valence-corrected chi connectivity index (χ0v) is 16.3. The summed E-state index contributed by atoms with van der Waals surface area (Å²) < 4.78 is 79.2. The average Bonchev–Trinajstić information content (AvgIpc) is 2.78. The highest BCUT2D eigenvalue weighted by atomic mass is 19.4. The number of carbonyl (C=O) groups excluding carboxylic acids is 1. The van der Waals surface area contributed by atoms with Crippen molar-refractivity contribution in [2.24, 2.45) is 5.92 Å². The molecule has 1 unspecified atom stereocenters. The normalized spacial score (nSPS) is 21.7. The number of nitrogens with one attached hydrogen (secondary N) is 1. The fourth-order valence-corrected chi connectivity index (χ4v) is 3.64. The molecule has 1 heterocycles. The molecule has 1 fully saturated rings. The zero-order chi connectivity index (χ0) is 21.7. The molecule has 1 saturated heterocycles. The average molecular weight is 410 g/mol. The molecule has 9 heteroatoms. The number of amides is 1. The van der Waals surface area contributed by atoms with E-state index in [0.717, 1.165) is 0 Å². The summed E-state index contributed by atoms with van der Waals surface area (Å²) in [7, 11) is 0. The Bertz CT molecular complexity index is 707. The van der Waals surface area contributed by atoms with Gasteiger partial charge in [0.25, 0.3) is 0 Å². The van der Waals surface area contributed by atoms with E-state index >= 15 is 0 Å². The highest BCUT2D eigenvalue weighted by Gasteiger charge is 2.46. The van der Waals surface area contributed by atoms with Crippen LogP contribution in [-0.2, 0) is 22.7 Å². The van der Waals surface area contributed by atoms with Crippen LogP contribution >= 0.6 is 0 Å². The molecule has 1 aliphatic rings. The van der Waals surface area contributed by atoms with Crippen molar-refractivity contribution in [2.45, 2.75) is 71.1 Å². The summed E-state index contributed by atoms with van der Waals surface area (Å²) >= 11 is 0. The van der Waals surface area contributed by atoms with E-state index in [9.17, 15) is 31.1 Å². The first-order valence-electron chi connectivity index (χ1n) is 8.94. The Morgan fingerprint density at radius 1 is 0.964 bits per heavy atom. The SMILES string of the molecule is CC(C)C[C@H]1NC(C)N(C(C)(C)c2cc(C(F)(F)F)cc(C(F)(F)F)c2)C1=O. The van der Waals surface area contributed by atoms with Crippen molar-refractivity contribution in [1.29, 1.82) is 0 Å². The van der Waals surface area contributed by atoms with Gasteiger partial charge in [-0.2, -0.15) is 26.3 Å². The van der Waals surface area contributed by atoms with Gasteiger partial charge in [0.15, 0.2) is 0 Å². The van der Waals surface area contributed by atoms with Gasteiger partial charge >= 0.3 is 12.4 Å². The van der Waals surface area contributed by atoms with Gasteiger partial charge in [-0.3, -0.25) is 10.1 Å². The van der Waals surface area contributed by atoms with Crippen LogP contribution in [0.3, 0.4) is 0 Å². The van der Waals surface area contributed by atoms with E-state index in [-0.39, 0.29) is 23.5 Å². The molecule has 1 aromatic carbocycles. The van der Waals surface area contributed by atoms with E-state index in [2.05, 4.69) is 5.32 Å². The number of rotatable bonds is 4. The first-order valence-corrected chi connectivity index (χ1v) is 8.94. The number of halogens is 6. The maximum atomic E-state index is 13.2. The van der Waals surface area contributed by atoms with Crippen LogP contribution in [0.1, 0.15) is 57.7 Å². The first kappa shape index (κ1) is 22.5. The minimum Gasteiger partial charge on any atom is -0.317 e. The lowest BCUT2D eigenvalue weighted by Crippen LogP contribution is -2.48. The Labute approximate surface area is 160 Å². The lowest BCUT2D eigenvalue weighted by molar-refractivity contribution is -0.143. The van der Waals surface area contributed by atoms with Crippen LogP contribution in [0.4, 0.5) is 26.3 Å². The van der Waals surface area contributed by atoms with E-state index in [1.165, 1.54) is 18.7 Å².